The number of amides is 1. The van der Waals surface area contributed by atoms with E-state index in [9.17, 15) is 13.2 Å². The highest BCUT2D eigenvalue weighted by Gasteiger charge is 2.26. The lowest BCUT2D eigenvalue weighted by Gasteiger charge is -2.26. The van der Waals surface area contributed by atoms with Crippen molar-refractivity contribution in [3.63, 3.8) is 0 Å². The van der Waals surface area contributed by atoms with Crippen molar-refractivity contribution in [2.24, 2.45) is 0 Å². The van der Waals surface area contributed by atoms with Crippen molar-refractivity contribution in [2.75, 3.05) is 40.0 Å². The topological polar surface area (TPSA) is 84.9 Å². The Labute approximate surface area is 159 Å². The van der Waals surface area contributed by atoms with Gasteiger partial charge in [-0.1, -0.05) is 18.0 Å². The fourth-order valence-corrected chi connectivity index (χ4v) is 4.50. The summed E-state index contributed by atoms with van der Waals surface area (Å²) >= 11 is 6.15. The van der Waals surface area contributed by atoms with Crippen molar-refractivity contribution in [3.05, 3.63) is 23.2 Å². The maximum atomic E-state index is 12.6. The second-order valence-electron chi connectivity index (χ2n) is 6.04. The maximum absolute atomic E-state index is 12.6. The number of hydrogen-bond donors (Lipinski definition) is 1. The van der Waals surface area contributed by atoms with Crippen LogP contribution in [0.25, 0.3) is 0 Å². The van der Waals surface area contributed by atoms with Crippen LogP contribution in [-0.2, 0) is 19.6 Å². The number of piperidine rings is 1. The number of halogens is 1. The summed E-state index contributed by atoms with van der Waals surface area (Å²) < 4.78 is 37.0. The summed E-state index contributed by atoms with van der Waals surface area (Å²) in [5.74, 6) is -0.00140. The molecule has 0 aromatic heterocycles. The van der Waals surface area contributed by atoms with Crippen LogP contribution in [0.5, 0.6) is 5.75 Å². The Kier molecular flexibility index (Phi) is 8.15. The van der Waals surface area contributed by atoms with Gasteiger partial charge < -0.3 is 14.8 Å². The van der Waals surface area contributed by atoms with Crippen LogP contribution in [-0.4, -0.2) is 58.6 Å². The molecule has 0 bridgehead atoms. The predicted octanol–water partition coefficient (Wildman–Crippen LogP) is 2.05. The van der Waals surface area contributed by atoms with E-state index in [2.05, 4.69) is 5.32 Å². The summed E-state index contributed by atoms with van der Waals surface area (Å²) in [7, 11) is -1.95. The molecular formula is C17H25ClN2O5S. The van der Waals surface area contributed by atoms with E-state index < -0.39 is 10.0 Å². The molecule has 1 N–H and O–H groups in total. The van der Waals surface area contributed by atoms with E-state index in [1.807, 2.05) is 0 Å². The first-order chi connectivity index (χ1) is 12.4. The minimum atomic E-state index is -3.55. The molecule has 0 saturated carbocycles. The fourth-order valence-electron chi connectivity index (χ4n) is 2.65. The smallest absolute Gasteiger partial charge is 0.257 e. The van der Waals surface area contributed by atoms with Crippen LogP contribution in [0.3, 0.4) is 0 Å². The number of hydrogen-bond acceptors (Lipinski definition) is 5. The van der Waals surface area contributed by atoms with Crippen LogP contribution in [0.4, 0.5) is 0 Å². The zero-order chi connectivity index (χ0) is 19.0. The highest BCUT2D eigenvalue weighted by Crippen LogP contribution is 2.29. The van der Waals surface area contributed by atoms with Crippen LogP contribution in [0, 0.1) is 0 Å². The second-order valence-corrected chi connectivity index (χ2v) is 8.39. The van der Waals surface area contributed by atoms with Gasteiger partial charge in [-0.15, -0.1) is 0 Å². The van der Waals surface area contributed by atoms with E-state index in [-0.39, 0.29) is 28.2 Å². The van der Waals surface area contributed by atoms with Gasteiger partial charge in [-0.3, -0.25) is 4.79 Å². The molecule has 1 amide bonds. The maximum Gasteiger partial charge on any atom is 0.257 e. The van der Waals surface area contributed by atoms with Crippen LogP contribution in [0.15, 0.2) is 23.1 Å². The number of nitrogens with zero attached hydrogens (tertiary/aromatic N) is 1. The lowest BCUT2D eigenvalue weighted by atomic mass is 10.2. The Bertz CT molecular complexity index is 705. The molecule has 26 heavy (non-hydrogen) atoms. The summed E-state index contributed by atoms with van der Waals surface area (Å²) in [6.45, 7) is 1.94. The summed E-state index contributed by atoms with van der Waals surface area (Å²) in [5.41, 5.74) is 0. The van der Waals surface area contributed by atoms with E-state index in [1.165, 1.54) is 22.5 Å². The number of carbonyl (C=O) groups is 1. The molecular weight excluding hydrogens is 380 g/mol. The molecule has 0 aliphatic carbocycles. The number of methoxy groups -OCH3 is 1. The van der Waals surface area contributed by atoms with E-state index >= 15 is 0 Å². The average molecular weight is 405 g/mol. The summed E-state index contributed by atoms with van der Waals surface area (Å²) in [6.07, 6.45) is 3.50. The van der Waals surface area contributed by atoms with Crippen molar-refractivity contribution in [1.82, 2.24) is 9.62 Å². The molecule has 1 heterocycles. The van der Waals surface area contributed by atoms with Crippen LogP contribution >= 0.6 is 11.6 Å². The number of rotatable bonds is 9. The van der Waals surface area contributed by atoms with Gasteiger partial charge in [0.25, 0.3) is 5.91 Å². The van der Waals surface area contributed by atoms with Gasteiger partial charge in [0.2, 0.25) is 10.0 Å². The molecule has 9 heteroatoms. The predicted molar refractivity (Wildman–Crippen MR) is 99.1 cm³/mol. The average Bonchev–Trinajstić information content (AvgIpc) is 2.65. The lowest BCUT2D eigenvalue weighted by Crippen LogP contribution is -2.35. The molecule has 1 aromatic rings. The Hall–Kier alpha value is -1.35. The first kappa shape index (κ1) is 21.0. The molecule has 0 radical (unpaired) electrons. The number of carbonyl (C=O) groups excluding carboxylic acids is 1. The molecule has 1 aliphatic heterocycles. The minimum Gasteiger partial charge on any atom is -0.482 e. The molecule has 1 fully saturated rings. The van der Waals surface area contributed by atoms with Gasteiger partial charge in [0, 0.05) is 33.4 Å². The SMILES string of the molecule is COCCCNC(=O)COc1ccc(S(=O)(=O)N2CCCCC2)cc1Cl. The van der Waals surface area contributed by atoms with E-state index in [4.69, 9.17) is 21.1 Å². The third kappa shape index (κ3) is 5.84. The Morgan fingerprint density at radius 3 is 2.65 bits per heavy atom. The van der Waals surface area contributed by atoms with Gasteiger partial charge in [0.05, 0.1) is 9.92 Å². The monoisotopic (exact) mass is 404 g/mol. The molecule has 0 spiro atoms. The molecule has 0 atom stereocenters. The zero-order valence-corrected chi connectivity index (χ0v) is 16.4. The molecule has 2 rings (SSSR count). The quantitative estimate of drug-likeness (QED) is 0.636. The van der Waals surface area contributed by atoms with E-state index in [0.29, 0.717) is 32.7 Å². The van der Waals surface area contributed by atoms with Crippen molar-refractivity contribution < 1.29 is 22.7 Å². The number of nitrogens with one attached hydrogen (secondary N) is 1. The standard InChI is InChI=1S/C17H25ClN2O5S/c1-24-11-5-8-19-17(21)13-25-16-7-6-14(12-15(16)18)26(22,23)20-9-3-2-4-10-20/h6-7,12H,2-5,8-11,13H2,1H3,(H,19,21). The minimum absolute atomic E-state index is 0.140. The summed E-state index contributed by atoms with van der Waals surface area (Å²) in [5, 5.41) is 2.86. The third-order valence-corrected chi connectivity index (χ3v) is 6.25. The van der Waals surface area contributed by atoms with Gasteiger partial charge in [-0.25, -0.2) is 8.42 Å². The largest absolute Gasteiger partial charge is 0.482 e. The second kappa shape index (κ2) is 10.1. The molecule has 1 aromatic carbocycles. The van der Waals surface area contributed by atoms with Gasteiger partial charge >= 0.3 is 0 Å². The first-order valence-electron chi connectivity index (χ1n) is 8.63. The zero-order valence-electron chi connectivity index (χ0n) is 14.9. The number of sulfonamides is 1. The molecule has 7 nitrogen and oxygen atoms in total. The molecule has 0 unspecified atom stereocenters. The van der Waals surface area contributed by atoms with Gasteiger partial charge in [0.15, 0.2) is 6.61 Å². The normalized spacial score (nSPS) is 15.6. The van der Waals surface area contributed by atoms with Crippen molar-refractivity contribution in [3.8, 4) is 5.75 Å². The van der Waals surface area contributed by atoms with Crippen molar-refractivity contribution in [1.29, 1.82) is 0 Å². The Morgan fingerprint density at radius 2 is 2.00 bits per heavy atom. The van der Waals surface area contributed by atoms with Crippen LogP contribution in [0.1, 0.15) is 25.7 Å². The molecule has 1 saturated heterocycles. The summed E-state index contributed by atoms with van der Waals surface area (Å²) in [6, 6.07) is 4.32. The third-order valence-electron chi connectivity index (χ3n) is 4.06. The first-order valence-corrected chi connectivity index (χ1v) is 10.4. The van der Waals surface area contributed by atoms with E-state index in [1.54, 1.807) is 7.11 Å². The number of ether oxygens (including phenoxy) is 2. The Balaban J connectivity index is 1.93. The van der Waals surface area contributed by atoms with Crippen LogP contribution < -0.4 is 10.1 Å². The summed E-state index contributed by atoms with van der Waals surface area (Å²) in [4.78, 5) is 11.8. The van der Waals surface area contributed by atoms with Gasteiger partial charge in [0.1, 0.15) is 5.75 Å². The Morgan fingerprint density at radius 1 is 1.27 bits per heavy atom. The van der Waals surface area contributed by atoms with Gasteiger partial charge in [-0.2, -0.15) is 4.31 Å². The van der Waals surface area contributed by atoms with Crippen molar-refractivity contribution >= 4 is 27.5 Å². The highest BCUT2D eigenvalue weighted by atomic mass is 35.5. The molecule has 1 aliphatic rings. The highest BCUT2D eigenvalue weighted by molar-refractivity contribution is 7.89. The van der Waals surface area contributed by atoms with Crippen LogP contribution in [0.2, 0.25) is 5.02 Å². The van der Waals surface area contributed by atoms with Crippen molar-refractivity contribution in [2.45, 2.75) is 30.6 Å². The fraction of sp³-hybridized carbons (Fsp3) is 0.588. The van der Waals surface area contributed by atoms with E-state index in [0.717, 1.165) is 19.3 Å². The van der Waals surface area contributed by atoms with Gasteiger partial charge in [-0.05, 0) is 37.5 Å². The lowest BCUT2D eigenvalue weighted by molar-refractivity contribution is -0.123. The molecule has 146 valence electrons. The number of benzene rings is 1.